The molecule has 1 N–H and O–H groups in total. The van der Waals surface area contributed by atoms with Gasteiger partial charge in [0, 0.05) is 17.5 Å². The Kier molecular flexibility index (Phi) is 4.12. The summed E-state index contributed by atoms with van der Waals surface area (Å²) in [6.45, 7) is 1.54. The highest BCUT2D eigenvalue weighted by atomic mass is 16.5. The Labute approximate surface area is 154 Å². The maximum absolute atomic E-state index is 12.9. The van der Waals surface area contributed by atoms with Crippen LogP contribution in [0.4, 0.5) is 11.4 Å². The van der Waals surface area contributed by atoms with Gasteiger partial charge in [-0.2, -0.15) is 0 Å². The highest BCUT2D eigenvalue weighted by molar-refractivity contribution is 6.10. The van der Waals surface area contributed by atoms with Crippen LogP contribution in [0.5, 0.6) is 5.75 Å². The summed E-state index contributed by atoms with van der Waals surface area (Å²) < 4.78 is 10.9. The van der Waals surface area contributed by atoms with Crippen molar-refractivity contribution >= 4 is 34.2 Å². The highest BCUT2D eigenvalue weighted by Crippen LogP contribution is 2.30. The van der Waals surface area contributed by atoms with Gasteiger partial charge in [-0.1, -0.05) is 12.1 Å². The van der Waals surface area contributed by atoms with Crippen LogP contribution in [0.3, 0.4) is 0 Å². The lowest BCUT2D eigenvalue weighted by Gasteiger charge is -2.31. The molecule has 7 heteroatoms. The molecule has 2 heterocycles. The van der Waals surface area contributed by atoms with E-state index in [1.165, 1.54) is 11.0 Å². The van der Waals surface area contributed by atoms with Crippen LogP contribution < -0.4 is 20.6 Å². The second kappa shape index (κ2) is 6.60. The van der Waals surface area contributed by atoms with E-state index < -0.39 is 11.7 Å². The predicted molar refractivity (Wildman–Crippen MR) is 100.0 cm³/mol. The van der Waals surface area contributed by atoms with E-state index in [0.717, 1.165) is 5.39 Å². The van der Waals surface area contributed by atoms with Gasteiger partial charge in [-0.3, -0.25) is 14.5 Å². The molecule has 1 aromatic heterocycles. The lowest BCUT2D eigenvalue weighted by molar-refractivity contribution is -0.126. The molecular formula is C20H16N2O5. The third-order valence-corrected chi connectivity index (χ3v) is 4.29. The third-order valence-electron chi connectivity index (χ3n) is 4.29. The standard InChI is InChI=1S/C20H16N2O5/c1-12(26-14-8-6-13-7-9-19(24)27-17(13)10-14)20(25)22-11-18(23)21-15-4-2-3-5-16(15)22/h2-10,12H,11H2,1H3,(H,21,23)/t12-/m1/s1. The van der Waals surface area contributed by atoms with Crippen molar-refractivity contribution in [1.29, 1.82) is 0 Å². The molecule has 136 valence electrons. The molecule has 1 aliphatic rings. The number of anilines is 2. The lowest BCUT2D eigenvalue weighted by Crippen LogP contribution is -2.47. The van der Waals surface area contributed by atoms with E-state index in [2.05, 4.69) is 5.32 Å². The fourth-order valence-corrected chi connectivity index (χ4v) is 3.02. The van der Waals surface area contributed by atoms with E-state index in [1.54, 1.807) is 55.5 Å². The Morgan fingerprint density at radius 2 is 1.93 bits per heavy atom. The van der Waals surface area contributed by atoms with Crippen LogP contribution >= 0.6 is 0 Å². The first kappa shape index (κ1) is 16.8. The van der Waals surface area contributed by atoms with Gasteiger partial charge in [-0.15, -0.1) is 0 Å². The number of ether oxygens (including phenoxy) is 1. The van der Waals surface area contributed by atoms with Crippen molar-refractivity contribution < 1.29 is 18.7 Å². The summed E-state index contributed by atoms with van der Waals surface area (Å²) in [5, 5.41) is 3.50. The topological polar surface area (TPSA) is 88.8 Å². The molecule has 1 atom stereocenters. The van der Waals surface area contributed by atoms with Crippen molar-refractivity contribution in [1.82, 2.24) is 0 Å². The Balaban J connectivity index is 1.58. The molecule has 2 aromatic carbocycles. The van der Waals surface area contributed by atoms with Crippen molar-refractivity contribution in [3.63, 3.8) is 0 Å². The van der Waals surface area contributed by atoms with Gasteiger partial charge in [0.1, 0.15) is 17.9 Å². The molecule has 4 rings (SSSR count). The van der Waals surface area contributed by atoms with Crippen molar-refractivity contribution in [2.45, 2.75) is 13.0 Å². The number of hydrogen-bond donors (Lipinski definition) is 1. The monoisotopic (exact) mass is 364 g/mol. The quantitative estimate of drug-likeness (QED) is 0.722. The first-order chi connectivity index (χ1) is 13.0. The van der Waals surface area contributed by atoms with Gasteiger partial charge in [0.25, 0.3) is 5.91 Å². The summed E-state index contributed by atoms with van der Waals surface area (Å²) in [5.41, 5.74) is 1.13. The normalized spacial score (nSPS) is 14.4. The summed E-state index contributed by atoms with van der Waals surface area (Å²) in [5.74, 6) is -0.207. The van der Waals surface area contributed by atoms with E-state index in [4.69, 9.17) is 9.15 Å². The van der Waals surface area contributed by atoms with Crippen molar-refractivity contribution in [3.05, 3.63) is 65.0 Å². The molecule has 0 spiro atoms. The average Bonchev–Trinajstić information content (AvgIpc) is 2.66. The van der Waals surface area contributed by atoms with Crippen LogP contribution in [0.25, 0.3) is 11.0 Å². The molecule has 27 heavy (non-hydrogen) atoms. The molecule has 3 aromatic rings. The Morgan fingerprint density at radius 3 is 2.78 bits per heavy atom. The van der Waals surface area contributed by atoms with Gasteiger partial charge in [0.2, 0.25) is 5.91 Å². The smallest absolute Gasteiger partial charge is 0.336 e. The van der Waals surface area contributed by atoms with Gasteiger partial charge < -0.3 is 14.5 Å². The van der Waals surface area contributed by atoms with Crippen LogP contribution in [0.15, 0.2) is 63.8 Å². The van der Waals surface area contributed by atoms with Crippen molar-refractivity contribution in [3.8, 4) is 5.75 Å². The number of carbonyl (C=O) groups is 2. The Morgan fingerprint density at radius 1 is 1.15 bits per heavy atom. The lowest BCUT2D eigenvalue weighted by atomic mass is 10.1. The van der Waals surface area contributed by atoms with E-state index in [1.807, 2.05) is 0 Å². The number of hydrogen-bond acceptors (Lipinski definition) is 5. The van der Waals surface area contributed by atoms with Crippen molar-refractivity contribution in [2.24, 2.45) is 0 Å². The number of fused-ring (bicyclic) bond motifs is 2. The summed E-state index contributed by atoms with van der Waals surface area (Å²) >= 11 is 0. The maximum Gasteiger partial charge on any atom is 0.336 e. The number of benzene rings is 2. The third kappa shape index (κ3) is 3.27. The Hall–Kier alpha value is -3.61. The Bertz CT molecular complexity index is 1100. The van der Waals surface area contributed by atoms with Gasteiger partial charge in [-0.25, -0.2) is 4.79 Å². The second-order valence-electron chi connectivity index (χ2n) is 6.20. The summed E-state index contributed by atoms with van der Waals surface area (Å²) in [7, 11) is 0. The highest BCUT2D eigenvalue weighted by Gasteiger charge is 2.30. The van der Waals surface area contributed by atoms with Crippen LogP contribution in [0.2, 0.25) is 0 Å². The molecule has 7 nitrogen and oxygen atoms in total. The van der Waals surface area contributed by atoms with Gasteiger partial charge in [0.05, 0.1) is 11.4 Å². The van der Waals surface area contributed by atoms with Gasteiger partial charge >= 0.3 is 5.63 Å². The maximum atomic E-state index is 12.9. The zero-order valence-corrected chi connectivity index (χ0v) is 14.5. The van der Waals surface area contributed by atoms with Gasteiger partial charge in [-0.05, 0) is 37.3 Å². The fourth-order valence-electron chi connectivity index (χ4n) is 3.02. The summed E-state index contributed by atoms with van der Waals surface area (Å²) in [4.78, 5) is 37.6. The summed E-state index contributed by atoms with van der Waals surface area (Å²) in [6.07, 6.45) is -0.836. The number of nitrogens with zero attached hydrogens (tertiary/aromatic N) is 1. The first-order valence-corrected chi connectivity index (χ1v) is 8.42. The largest absolute Gasteiger partial charge is 0.481 e. The SMILES string of the molecule is C[C@@H](Oc1ccc2ccc(=O)oc2c1)C(=O)N1CC(=O)Nc2ccccc21. The number of carbonyl (C=O) groups excluding carboxylic acids is 2. The molecule has 2 amide bonds. The number of para-hydroxylation sites is 2. The molecular weight excluding hydrogens is 348 g/mol. The molecule has 0 fully saturated rings. The minimum atomic E-state index is -0.836. The van der Waals surface area contributed by atoms with Crippen LogP contribution in [-0.4, -0.2) is 24.5 Å². The van der Waals surface area contributed by atoms with E-state index in [0.29, 0.717) is 22.7 Å². The zero-order chi connectivity index (χ0) is 19.0. The van der Waals surface area contributed by atoms with Gasteiger partial charge in [0.15, 0.2) is 6.10 Å². The zero-order valence-electron chi connectivity index (χ0n) is 14.5. The second-order valence-corrected chi connectivity index (χ2v) is 6.20. The first-order valence-electron chi connectivity index (χ1n) is 8.42. The van der Waals surface area contributed by atoms with E-state index in [-0.39, 0.29) is 18.4 Å². The number of amides is 2. The predicted octanol–water partition coefficient (Wildman–Crippen LogP) is 2.55. The van der Waals surface area contributed by atoms with Crippen LogP contribution in [0, 0.1) is 0 Å². The molecule has 0 radical (unpaired) electrons. The molecule has 0 bridgehead atoms. The molecule has 0 aliphatic carbocycles. The summed E-state index contributed by atoms with van der Waals surface area (Å²) in [6, 6.07) is 15.1. The number of rotatable bonds is 3. The van der Waals surface area contributed by atoms with E-state index in [9.17, 15) is 14.4 Å². The minimum absolute atomic E-state index is 0.0733. The molecule has 1 aliphatic heterocycles. The number of nitrogens with one attached hydrogen (secondary N) is 1. The van der Waals surface area contributed by atoms with Crippen LogP contribution in [-0.2, 0) is 9.59 Å². The van der Waals surface area contributed by atoms with Crippen LogP contribution in [0.1, 0.15) is 6.92 Å². The molecule has 0 saturated heterocycles. The minimum Gasteiger partial charge on any atom is -0.481 e. The molecule has 0 unspecified atom stereocenters. The fraction of sp³-hybridized carbons (Fsp3) is 0.150. The van der Waals surface area contributed by atoms with Crippen molar-refractivity contribution in [2.75, 3.05) is 16.8 Å². The van der Waals surface area contributed by atoms with E-state index >= 15 is 0 Å². The average molecular weight is 364 g/mol. The molecule has 0 saturated carbocycles.